The number of imidazole rings is 1. The van der Waals surface area contributed by atoms with Crippen molar-refractivity contribution in [3.05, 3.63) is 30.6 Å². The molecule has 0 unspecified atom stereocenters. The maximum absolute atomic E-state index is 4.91. The highest BCUT2D eigenvalue weighted by Crippen LogP contribution is 2.07. The van der Waals surface area contributed by atoms with Crippen LogP contribution in [0.4, 0.5) is 0 Å². The van der Waals surface area contributed by atoms with Gasteiger partial charge in [-0.25, -0.2) is 15.0 Å². The summed E-state index contributed by atoms with van der Waals surface area (Å²) in [7, 11) is 1.56. The monoisotopic (exact) mass is 220 g/mol. The summed E-state index contributed by atoms with van der Waals surface area (Å²) < 4.78 is 6.72. The molecule has 0 saturated carbocycles. The molecule has 0 fully saturated rings. The molecule has 0 radical (unpaired) electrons. The quantitative estimate of drug-likeness (QED) is 0.776. The molecule has 2 rings (SSSR count). The summed E-state index contributed by atoms with van der Waals surface area (Å²) in [4.78, 5) is 12.3. The molecule has 0 spiro atoms. The molecule has 0 aliphatic carbocycles. The average molecular weight is 220 g/mol. The van der Waals surface area contributed by atoms with Crippen LogP contribution in [-0.4, -0.2) is 26.6 Å². The van der Waals surface area contributed by atoms with Crippen molar-refractivity contribution in [2.24, 2.45) is 0 Å². The predicted molar refractivity (Wildman–Crippen MR) is 61.8 cm³/mol. The number of hydrogen-bond donors (Lipinski definition) is 0. The van der Waals surface area contributed by atoms with E-state index in [4.69, 9.17) is 4.74 Å². The minimum absolute atomic E-state index is 0.505. The van der Waals surface area contributed by atoms with E-state index in [-0.39, 0.29) is 0 Å². The van der Waals surface area contributed by atoms with Gasteiger partial charge in [-0.05, 0) is 6.92 Å². The van der Waals surface area contributed by atoms with E-state index in [2.05, 4.69) is 15.0 Å². The molecule has 5 heteroatoms. The zero-order valence-electron chi connectivity index (χ0n) is 10.0. The zero-order chi connectivity index (χ0) is 12.0. The highest BCUT2D eigenvalue weighted by Gasteiger charge is 1.99. The number of nitrogens with zero attached hydrogens (tertiary/aromatic N) is 4. The van der Waals surface area contributed by atoms with Crippen LogP contribution in [0, 0.1) is 6.92 Å². The number of aryl methyl sites for hydroxylation is 1. The Hall–Kier alpha value is -1.91. The molecular formula is C11H16N4O. The van der Waals surface area contributed by atoms with Crippen molar-refractivity contribution in [3.8, 4) is 11.7 Å². The lowest BCUT2D eigenvalue weighted by Gasteiger charge is -2.00. The fraction of sp³-hybridized carbons (Fsp3) is 0.364. The van der Waals surface area contributed by atoms with Crippen molar-refractivity contribution in [2.45, 2.75) is 20.8 Å². The summed E-state index contributed by atoms with van der Waals surface area (Å²) in [6, 6.07) is 0. The SMILES string of the molecule is CC.COc1cnc(-n2cnc(C)c2)cn1. The molecule has 0 saturated heterocycles. The lowest BCUT2D eigenvalue weighted by atomic mass is 10.5. The van der Waals surface area contributed by atoms with E-state index < -0.39 is 0 Å². The molecule has 16 heavy (non-hydrogen) atoms. The molecule has 0 atom stereocenters. The normalized spacial score (nSPS) is 9.25. The molecule has 5 nitrogen and oxygen atoms in total. The van der Waals surface area contributed by atoms with E-state index in [0.29, 0.717) is 5.88 Å². The van der Waals surface area contributed by atoms with E-state index in [9.17, 15) is 0 Å². The molecule has 0 aromatic carbocycles. The fourth-order valence-corrected chi connectivity index (χ4v) is 1.09. The van der Waals surface area contributed by atoms with Gasteiger partial charge in [-0.2, -0.15) is 0 Å². The Labute approximate surface area is 95.1 Å². The standard InChI is InChI=1S/C9H10N4O.C2H6/c1-7-5-13(6-12-7)8-3-11-9(14-2)4-10-8;1-2/h3-6H,1-2H3;1-2H3. The first-order valence-electron chi connectivity index (χ1n) is 5.16. The third kappa shape index (κ3) is 2.79. The molecule has 0 N–H and O–H groups in total. The van der Waals surface area contributed by atoms with Crippen LogP contribution in [0.1, 0.15) is 19.5 Å². The van der Waals surface area contributed by atoms with Crippen LogP contribution in [0.25, 0.3) is 5.82 Å². The minimum Gasteiger partial charge on any atom is -0.480 e. The summed E-state index contributed by atoms with van der Waals surface area (Å²) in [5, 5.41) is 0. The molecule has 2 heterocycles. The Kier molecular flexibility index (Phi) is 4.44. The first-order chi connectivity index (χ1) is 7.79. The van der Waals surface area contributed by atoms with E-state index in [0.717, 1.165) is 11.5 Å². The molecule has 0 aliphatic rings. The zero-order valence-corrected chi connectivity index (χ0v) is 10.0. The van der Waals surface area contributed by atoms with Crippen molar-refractivity contribution in [2.75, 3.05) is 7.11 Å². The molecule has 2 aromatic rings. The van der Waals surface area contributed by atoms with Crippen molar-refractivity contribution >= 4 is 0 Å². The number of aromatic nitrogens is 4. The van der Waals surface area contributed by atoms with Crippen LogP contribution in [0.2, 0.25) is 0 Å². The van der Waals surface area contributed by atoms with Gasteiger partial charge in [-0.15, -0.1) is 0 Å². The highest BCUT2D eigenvalue weighted by atomic mass is 16.5. The third-order valence-electron chi connectivity index (χ3n) is 1.80. The van der Waals surface area contributed by atoms with Crippen molar-refractivity contribution in [1.29, 1.82) is 0 Å². The van der Waals surface area contributed by atoms with Gasteiger partial charge >= 0.3 is 0 Å². The Morgan fingerprint density at radius 3 is 2.31 bits per heavy atom. The second-order valence-corrected chi connectivity index (χ2v) is 2.84. The maximum Gasteiger partial charge on any atom is 0.232 e. The first-order valence-corrected chi connectivity index (χ1v) is 5.16. The lowest BCUT2D eigenvalue weighted by molar-refractivity contribution is 0.395. The minimum atomic E-state index is 0.505. The van der Waals surface area contributed by atoms with E-state index in [1.807, 2.05) is 31.5 Å². The molecule has 0 aliphatic heterocycles. The highest BCUT2D eigenvalue weighted by molar-refractivity contribution is 5.21. The molecule has 0 amide bonds. The summed E-state index contributed by atoms with van der Waals surface area (Å²) >= 11 is 0. The second-order valence-electron chi connectivity index (χ2n) is 2.84. The van der Waals surface area contributed by atoms with E-state index in [1.165, 1.54) is 0 Å². The van der Waals surface area contributed by atoms with Gasteiger partial charge in [0.1, 0.15) is 6.33 Å². The van der Waals surface area contributed by atoms with Crippen molar-refractivity contribution < 1.29 is 4.74 Å². The molecular weight excluding hydrogens is 204 g/mol. The molecule has 86 valence electrons. The van der Waals surface area contributed by atoms with Crippen molar-refractivity contribution in [3.63, 3.8) is 0 Å². The predicted octanol–water partition coefficient (Wildman–Crippen LogP) is 2.01. The van der Waals surface area contributed by atoms with Gasteiger partial charge in [0.05, 0.1) is 25.2 Å². The summed E-state index contributed by atoms with van der Waals surface area (Å²) in [5.41, 5.74) is 0.947. The molecule has 2 aromatic heterocycles. The van der Waals surface area contributed by atoms with Crippen LogP contribution in [0.15, 0.2) is 24.9 Å². The van der Waals surface area contributed by atoms with Crippen molar-refractivity contribution in [1.82, 2.24) is 19.5 Å². The summed E-state index contributed by atoms with van der Waals surface area (Å²) in [6.07, 6.45) is 6.80. The van der Waals surface area contributed by atoms with Crippen LogP contribution >= 0.6 is 0 Å². The average Bonchev–Trinajstić information content (AvgIpc) is 2.79. The van der Waals surface area contributed by atoms with Crippen LogP contribution in [-0.2, 0) is 0 Å². The Bertz CT molecular complexity index is 422. The number of hydrogen-bond acceptors (Lipinski definition) is 4. The first kappa shape index (κ1) is 12.2. The van der Waals surface area contributed by atoms with Crippen LogP contribution < -0.4 is 4.74 Å². The number of rotatable bonds is 2. The van der Waals surface area contributed by atoms with Crippen LogP contribution in [0.5, 0.6) is 5.88 Å². The number of methoxy groups -OCH3 is 1. The van der Waals surface area contributed by atoms with Crippen LogP contribution in [0.3, 0.4) is 0 Å². The third-order valence-corrected chi connectivity index (χ3v) is 1.80. The Morgan fingerprint density at radius 2 is 1.88 bits per heavy atom. The largest absolute Gasteiger partial charge is 0.480 e. The van der Waals surface area contributed by atoms with Gasteiger partial charge in [0.25, 0.3) is 0 Å². The molecule has 0 bridgehead atoms. The Balaban J connectivity index is 0.000000606. The fourth-order valence-electron chi connectivity index (χ4n) is 1.09. The maximum atomic E-state index is 4.91. The summed E-state index contributed by atoms with van der Waals surface area (Å²) in [6.45, 7) is 5.92. The van der Waals surface area contributed by atoms with Gasteiger partial charge < -0.3 is 4.74 Å². The number of ether oxygens (including phenoxy) is 1. The summed E-state index contributed by atoms with van der Waals surface area (Å²) in [5.74, 6) is 1.23. The van der Waals surface area contributed by atoms with Gasteiger partial charge in [0.15, 0.2) is 5.82 Å². The van der Waals surface area contributed by atoms with Gasteiger partial charge in [0, 0.05) is 6.20 Å². The lowest BCUT2D eigenvalue weighted by Crippen LogP contribution is -1.96. The second kappa shape index (κ2) is 5.85. The Morgan fingerprint density at radius 1 is 1.12 bits per heavy atom. The van der Waals surface area contributed by atoms with E-state index in [1.54, 1.807) is 25.8 Å². The topological polar surface area (TPSA) is 52.8 Å². The van der Waals surface area contributed by atoms with Gasteiger partial charge in [-0.1, -0.05) is 13.8 Å². The van der Waals surface area contributed by atoms with Gasteiger partial charge in [0.2, 0.25) is 5.88 Å². The van der Waals surface area contributed by atoms with E-state index >= 15 is 0 Å². The van der Waals surface area contributed by atoms with Gasteiger partial charge in [-0.3, -0.25) is 4.57 Å². The smallest absolute Gasteiger partial charge is 0.232 e.